The number of imidazole rings is 2. The summed E-state index contributed by atoms with van der Waals surface area (Å²) in [6.45, 7) is 3.23. The first kappa shape index (κ1) is 17.3. The molecule has 2 aromatic heterocycles. The van der Waals surface area contributed by atoms with E-state index in [1.807, 2.05) is 41.2 Å². The molecule has 0 atom stereocenters. The van der Waals surface area contributed by atoms with Crippen molar-refractivity contribution in [1.82, 2.24) is 24.0 Å². The number of primary amides is 1. The van der Waals surface area contributed by atoms with Crippen LogP contribution in [0.25, 0.3) is 5.69 Å². The summed E-state index contributed by atoms with van der Waals surface area (Å²) in [7, 11) is 1.66. The van der Waals surface area contributed by atoms with E-state index in [1.54, 1.807) is 13.3 Å². The second-order valence-corrected chi connectivity index (χ2v) is 6.54. The predicted octanol–water partition coefficient (Wildman–Crippen LogP) is 1.23. The molecule has 0 fully saturated rings. The summed E-state index contributed by atoms with van der Waals surface area (Å²) in [5.74, 6) is 2.24. The van der Waals surface area contributed by atoms with E-state index < -0.39 is 5.91 Å². The minimum Gasteiger partial charge on any atom is -0.497 e. The molecule has 27 heavy (non-hydrogen) atoms. The molecule has 1 aliphatic heterocycles. The third kappa shape index (κ3) is 3.56. The molecule has 0 radical (unpaired) electrons. The molecule has 0 saturated heterocycles. The lowest BCUT2D eigenvalue weighted by atomic mass is 10.3. The van der Waals surface area contributed by atoms with Crippen LogP contribution in [0.5, 0.6) is 5.75 Å². The number of ether oxygens (including phenoxy) is 1. The normalized spacial score (nSPS) is 14.6. The van der Waals surface area contributed by atoms with Crippen molar-refractivity contribution in [2.24, 2.45) is 5.73 Å². The highest BCUT2D eigenvalue weighted by Crippen LogP contribution is 2.18. The minimum absolute atomic E-state index is 0.341. The lowest BCUT2D eigenvalue weighted by Gasteiger charge is -2.20. The van der Waals surface area contributed by atoms with Crippen molar-refractivity contribution in [3.8, 4) is 11.4 Å². The van der Waals surface area contributed by atoms with Crippen molar-refractivity contribution in [2.75, 3.05) is 20.2 Å². The van der Waals surface area contributed by atoms with Gasteiger partial charge in [-0.1, -0.05) is 0 Å². The average Bonchev–Trinajstić information content (AvgIpc) is 3.27. The molecule has 140 valence electrons. The van der Waals surface area contributed by atoms with Gasteiger partial charge in [0.15, 0.2) is 0 Å². The molecule has 8 heteroatoms. The van der Waals surface area contributed by atoms with Gasteiger partial charge in [0.25, 0.3) is 5.91 Å². The third-order valence-corrected chi connectivity index (χ3v) is 4.85. The molecule has 0 aliphatic carbocycles. The number of amides is 1. The van der Waals surface area contributed by atoms with Crippen LogP contribution in [0.4, 0.5) is 0 Å². The summed E-state index contributed by atoms with van der Waals surface area (Å²) in [4.78, 5) is 22.6. The fourth-order valence-electron chi connectivity index (χ4n) is 3.37. The van der Waals surface area contributed by atoms with Crippen LogP contribution in [0.2, 0.25) is 0 Å². The van der Waals surface area contributed by atoms with Crippen molar-refractivity contribution in [2.45, 2.75) is 19.5 Å². The first-order valence-corrected chi connectivity index (χ1v) is 8.89. The summed E-state index contributed by atoms with van der Waals surface area (Å²) in [5, 5.41) is 0. The lowest BCUT2D eigenvalue weighted by Crippen LogP contribution is -2.28. The number of hydrogen-bond donors (Lipinski definition) is 1. The summed E-state index contributed by atoms with van der Waals surface area (Å²) in [6.07, 6.45) is 6.32. The van der Waals surface area contributed by atoms with Crippen LogP contribution in [-0.4, -0.2) is 50.1 Å². The number of aromatic nitrogens is 4. The van der Waals surface area contributed by atoms with Crippen molar-refractivity contribution >= 4 is 5.91 Å². The maximum atomic E-state index is 11.3. The van der Waals surface area contributed by atoms with Gasteiger partial charge in [-0.15, -0.1) is 0 Å². The van der Waals surface area contributed by atoms with Crippen LogP contribution in [0.1, 0.15) is 22.1 Å². The van der Waals surface area contributed by atoms with Gasteiger partial charge in [-0.05, 0) is 24.3 Å². The number of nitrogens with two attached hydrogens (primary N) is 1. The van der Waals surface area contributed by atoms with E-state index in [-0.39, 0.29) is 0 Å². The maximum absolute atomic E-state index is 11.3. The van der Waals surface area contributed by atoms with Gasteiger partial charge >= 0.3 is 0 Å². The number of methoxy groups -OCH3 is 1. The van der Waals surface area contributed by atoms with Crippen molar-refractivity contribution in [1.29, 1.82) is 0 Å². The molecule has 3 heterocycles. The van der Waals surface area contributed by atoms with Gasteiger partial charge in [-0.3, -0.25) is 9.69 Å². The summed E-state index contributed by atoms with van der Waals surface area (Å²) < 4.78 is 9.34. The Bertz CT molecular complexity index is 918. The van der Waals surface area contributed by atoms with Crippen LogP contribution < -0.4 is 10.5 Å². The van der Waals surface area contributed by atoms with E-state index in [9.17, 15) is 4.79 Å². The Morgan fingerprint density at radius 1 is 1.22 bits per heavy atom. The second-order valence-electron chi connectivity index (χ2n) is 6.54. The monoisotopic (exact) mass is 366 g/mol. The molecular weight excluding hydrogens is 344 g/mol. The highest BCUT2D eigenvalue weighted by Gasteiger charge is 2.19. The Morgan fingerprint density at radius 3 is 2.78 bits per heavy atom. The van der Waals surface area contributed by atoms with Crippen molar-refractivity contribution in [3.63, 3.8) is 0 Å². The van der Waals surface area contributed by atoms with Crippen LogP contribution in [0.15, 0.2) is 42.9 Å². The van der Waals surface area contributed by atoms with Gasteiger partial charge in [0.1, 0.15) is 23.1 Å². The molecule has 8 nitrogen and oxygen atoms in total. The Hall–Kier alpha value is -3.13. The molecule has 1 aromatic carbocycles. The Balaban J connectivity index is 1.47. The first-order valence-electron chi connectivity index (χ1n) is 8.89. The SMILES string of the molecule is COc1ccc(-n2ccnc2CN2CCc3nc(C(N)=O)cn3CC2)cc1. The van der Waals surface area contributed by atoms with E-state index in [0.29, 0.717) is 5.69 Å². The number of carbonyl (C=O) groups is 1. The number of nitrogens with zero attached hydrogens (tertiary/aromatic N) is 5. The van der Waals surface area contributed by atoms with Crippen LogP contribution >= 0.6 is 0 Å². The number of hydrogen-bond acceptors (Lipinski definition) is 5. The zero-order valence-electron chi connectivity index (χ0n) is 15.2. The predicted molar refractivity (Wildman–Crippen MR) is 99.8 cm³/mol. The van der Waals surface area contributed by atoms with E-state index in [1.165, 1.54) is 0 Å². The maximum Gasteiger partial charge on any atom is 0.268 e. The van der Waals surface area contributed by atoms with E-state index in [0.717, 1.165) is 55.7 Å². The van der Waals surface area contributed by atoms with Crippen LogP contribution in [0, 0.1) is 0 Å². The first-order chi connectivity index (χ1) is 13.1. The second kappa shape index (κ2) is 7.24. The number of fused-ring (bicyclic) bond motifs is 1. The third-order valence-electron chi connectivity index (χ3n) is 4.85. The average molecular weight is 366 g/mol. The Kier molecular flexibility index (Phi) is 4.64. The quantitative estimate of drug-likeness (QED) is 0.733. The molecule has 0 bridgehead atoms. The van der Waals surface area contributed by atoms with Gasteiger partial charge in [-0.25, -0.2) is 9.97 Å². The molecule has 2 N–H and O–H groups in total. The summed E-state index contributed by atoms with van der Waals surface area (Å²) in [5.41, 5.74) is 6.72. The fraction of sp³-hybridized carbons (Fsp3) is 0.316. The summed E-state index contributed by atoms with van der Waals surface area (Å²) in [6, 6.07) is 7.93. The van der Waals surface area contributed by atoms with Crippen LogP contribution in [0.3, 0.4) is 0 Å². The number of benzene rings is 1. The zero-order chi connectivity index (χ0) is 18.8. The van der Waals surface area contributed by atoms with Gasteiger partial charge in [-0.2, -0.15) is 0 Å². The molecule has 0 unspecified atom stereocenters. The Labute approximate surface area is 157 Å². The largest absolute Gasteiger partial charge is 0.497 e. The van der Waals surface area contributed by atoms with E-state index in [4.69, 9.17) is 10.5 Å². The van der Waals surface area contributed by atoms with Crippen molar-refractivity contribution in [3.05, 3.63) is 60.2 Å². The highest BCUT2D eigenvalue weighted by molar-refractivity contribution is 5.90. The Morgan fingerprint density at radius 2 is 2.04 bits per heavy atom. The van der Waals surface area contributed by atoms with Gasteiger partial charge in [0, 0.05) is 50.3 Å². The van der Waals surface area contributed by atoms with E-state index in [2.05, 4.69) is 19.4 Å². The molecule has 0 spiro atoms. The van der Waals surface area contributed by atoms with Crippen molar-refractivity contribution < 1.29 is 9.53 Å². The van der Waals surface area contributed by atoms with Gasteiger partial charge in [0.05, 0.1) is 13.7 Å². The molecular formula is C19H22N6O2. The standard InChI is InChI=1S/C19H22N6O2/c1-27-15-4-2-14(3-5-15)25-9-7-21-18(25)13-23-8-6-17-22-16(19(20)26)12-24(17)11-10-23/h2-5,7,9,12H,6,8,10-11,13H2,1H3,(H2,20,26). The smallest absolute Gasteiger partial charge is 0.268 e. The molecule has 3 aromatic rings. The zero-order valence-corrected chi connectivity index (χ0v) is 15.2. The topological polar surface area (TPSA) is 91.2 Å². The lowest BCUT2D eigenvalue weighted by molar-refractivity contribution is 0.0995. The number of rotatable bonds is 5. The highest BCUT2D eigenvalue weighted by atomic mass is 16.5. The van der Waals surface area contributed by atoms with Gasteiger partial charge in [0.2, 0.25) is 0 Å². The molecule has 0 saturated carbocycles. The number of carbonyl (C=O) groups excluding carboxylic acids is 1. The van der Waals surface area contributed by atoms with E-state index >= 15 is 0 Å². The minimum atomic E-state index is -0.478. The van der Waals surface area contributed by atoms with Crippen LogP contribution in [-0.2, 0) is 19.5 Å². The molecule has 1 amide bonds. The molecule has 1 aliphatic rings. The fourth-order valence-corrected chi connectivity index (χ4v) is 3.37. The molecule has 4 rings (SSSR count). The van der Waals surface area contributed by atoms with Gasteiger partial charge < -0.3 is 19.6 Å². The summed E-state index contributed by atoms with van der Waals surface area (Å²) >= 11 is 0.